The van der Waals surface area contributed by atoms with E-state index in [2.05, 4.69) is 4.90 Å². The summed E-state index contributed by atoms with van der Waals surface area (Å²) in [4.78, 5) is 13.1. The molecule has 0 amide bonds. The van der Waals surface area contributed by atoms with Crippen molar-refractivity contribution in [3.63, 3.8) is 0 Å². The molecular weight excluding hydrogens is 130 g/mol. The lowest BCUT2D eigenvalue weighted by Crippen LogP contribution is -2.55. The van der Waals surface area contributed by atoms with E-state index in [-0.39, 0.29) is 18.1 Å². The van der Waals surface area contributed by atoms with Crippen LogP contribution in [0.2, 0.25) is 0 Å². The first-order chi connectivity index (χ1) is 4.77. The van der Waals surface area contributed by atoms with E-state index in [0.29, 0.717) is 0 Å². The topological polar surface area (TPSA) is 29.5 Å². The van der Waals surface area contributed by atoms with Crippen LogP contribution in [0.15, 0.2) is 0 Å². The Kier molecular flexibility index (Phi) is 1.20. The van der Waals surface area contributed by atoms with Crippen molar-refractivity contribution in [2.24, 2.45) is 0 Å². The Bertz CT molecular complexity index is 169. The highest BCUT2D eigenvalue weighted by Gasteiger charge is 2.39. The quantitative estimate of drug-likeness (QED) is 0.445. The fourth-order valence-corrected chi connectivity index (χ4v) is 1.74. The third kappa shape index (κ3) is 0.736. The van der Waals surface area contributed by atoms with Crippen LogP contribution in [0.3, 0.4) is 0 Å². The third-order valence-corrected chi connectivity index (χ3v) is 2.34. The Morgan fingerprint density at radius 3 is 2.80 bits per heavy atom. The molecule has 3 rings (SSSR count). The Morgan fingerprint density at radius 1 is 1.60 bits per heavy atom. The number of carbonyl (C=O) groups excluding carboxylic acids is 1. The molecule has 0 aromatic heterocycles. The van der Waals surface area contributed by atoms with Crippen LogP contribution in [0.1, 0.15) is 12.8 Å². The van der Waals surface area contributed by atoms with E-state index in [9.17, 15) is 4.79 Å². The van der Waals surface area contributed by atoms with E-state index in [1.165, 1.54) is 0 Å². The average Bonchev–Trinajstić information content (AvgIpc) is 1.86. The summed E-state index contributed by atoms with van der Waals surface area (Å²) in [6.07, 6.45) is 2.23. The number of likely N-dealkylation sites (N-methyl/N-ethyl adjacent to an activating group) is 1. The first-order valence-electron chi connectivity index (χ1n) is 3.68. The fraction of sp³-hybridized carbons (Fsp3) is 0.857. The average molecular weight is 141 g/mol. The molecule has 0 aromatic rings. The highest BCUT2D eigenvalue weighted by Crippen LogP contribution is 2.25. The summed E-state index contributed by atoms with van der Waals surface area (Å²) >= 11 is 0. The van der Waals surface area contributed by atoms with Gasteiger partial charge >= 0.3 is 5.97 Å². The number of hydrogen-bond donors (Lipinski definition) is 0. The van der Waals surface area contributed by atoms with Gasteiger partial charge in [0.15, 0.2) is 0 Å². The van der Waals surface area contributed by atoms with Crippen molar-refractivity contribution < 1.29 is 9.53 Å². The van der Waals surface area contributed by atoms with Crippen LogP contribution in [0.5, 0.6) is 0 Å². The number of hydrogen-bond acceptors (Lipinski definition) is 3. The molecule has 0 unspecified atom stereocenters. The maximum atomic E-state index is 11.0. The number of carbonyl (C=O) groups is 1. The van der Waals surface area contributed by atoms with Crippen molar-refractivity contribution in [3.05, 3.63) is 0 Å². The van der Waals surface area contributed by atoms with E-state index in [1.54, 1.807) is 0 Å². The molecule has 0 spiro atoms. The number of esters is 1. The van der Waals surface area contributed by atoms with Crippen molar-refractivity contribution >= 4 is 5.97 Å². The molecule has 0 radical (unpaired) electrons. The molecule has 0 saturated carbocycles. The van der Waals surface area contributed by atoms with Gasteiger partial charge in [0, 0.05) is 6.54 Å². The van der Waals surface area contributed by atoms with Crippen molar-refractivity contribution in [3.8, 4) is 0 Å². The SMILES string of the molecule is CN1C[C@@H]2CC[C@H]1C(=O)O2. The Hall–Kier alpha value is -0.570. The van der Waals surface area contributed by atoms with Gasteiger partial charge in [0.1, 0.15) is 12.1 Å². The van der Waals surface area contributed by atoms with Gasteiger partial charge in [0.05, 0.1) is 0 Å². The smallest absolute Gasteiger partial charge is 0.323 e. The standard InChI is InChI=1S/C7H11NO2/c1-8-4-5-2-3-6(8)7(9)10-5/h5-6H,2-4H2,1H3/t5-,6-/m0/s1. The summed E-state index contributed by atoms with van der Waals surface area (Å²) in [6.45, 7) is 0.927. The number of piperidine rings is 1. The van der Waals surface area contributed by atoms with Crippen LogP contribution in [-0.2, 0) is 9.53 Å². The molecule has 0 aliphatic carbocycles. The van der Waals surface area contributed by atoms with Crippen LogP contribution in [0, 0.1) is 0 Å². The van der Waals surface area contributed by atoms with Gasteiger partial charge in [-0.15, -0.1) is 0 Å². The summed E-state index contributed by atoms with van der Waals surface area (Å²) in [5, 5.41) is 0. The fourth-order valence-electron chi connectivity index (χ4n) is 1.74. The largest absolute Gasteiger partial charge is 0.460 e. The molecule has 0 N–H and O–H groups in total. The summed E-state index contributed by atoms with van der Waals surface area (Å²) < 4.78 is 5.08. The van der Waals surface area contributed by atoms with E-state index >= 15 is 0 Å². The molecule has 10 heavy (non-hydrogen) atoms. The molecular formula is C7H11NO2. The monoisotopic (exact) mass is 141 g/mol. The number of ether oxygens (including phenoxy) is 1. The minimum atomic E-state index is -0.0231. The Morgan fingerprint density at radius 2 is 2.40 bits per heavy atom. The van der Waals surface area contributed by atoms with Crippen LogP contribution in [-0.4, -0.2) is 36.6 Å². The van der Waals surface area contributed by atoms with Crippen molar-refractivity contribution in [1.29, 1.82) is 0 Å². The number of rotatable bonds is 0. The normalized spacial score (nSPS) is 39.9. The Labute approximate surface area is 60.0 Å². The van der Waals surface area contributed by atoms with E-state index < -0.39 is 0 Å². The van der Waals surface area contributed by atoms with Gasteiger partial charge in [-0.3, -0.25) is 9.69 Å². The highest BCUT2D eigenvalue weighted by molar-refractivity contribution is 5.77. The highest BCUT2D eigenvalue weighted by atomic mass is 16.6. The molecule has 2 atom stereocenters. The second kappa shape index (κ2) is 1.95. The second-order valence-corrected chi connectivity index (χ2v) is 3.09. The van der Waals surface area contributed by atoms with Crippen LogP contribution >= 0.6 is 0 Å². The lowest BCUT2D eigenvalue weighted by atomic mass is 9.97. The molecule has 3 heterocycles. The summed E-state index contributed by atoms with van der Waals surface area (Å²) in [5.74, 6) is -0.0231. The van der Waals surface area contributed by atoms with Gasteiger partial charge < -0.3 is 4.74 Å². The molecule has 56 valence electrons. The molecule has 3 aliphatic heterocycles. The molecule has 3 fully saturated rings. The predicted molar refractivity (Wildman–Crippen MR) is 35.5 cm³/mol. The van der Waals surface area contributed by atoms with Gasteiger partial charge in [-0.2, -0.15) is 0 Å². The van der Waals surface area contributed by atoms with Crippen molar-refractivity contribution in [2.45, 2.75) is 25.0 Å². The molecule has 3 nitrogen and oxygen atoms in total. The maximum absolute atomic E-state index is 11.0. The lowest BCUT2D eigenvalue weighted by molar-refractivity contribution is -0.174. The Balaban J connectivity index is 2.18. The summed E-state index contributed by atoms with van der Waals surface area (Å²) in [7, 11) is 1.98. The number of nitrogens with zero attached hydrogens (tertiary/aromatic N) is 1. The van der Waals surface area contributed by atoms with Crippen molar-refractivity contribution in [1.82, 2.24) is 4.90 Å². The van der Waals surface area contributed by atoms with Crippen LogP contribution < -0.4 is 0 Å². The molecule has 0 aromatic carbocycles. The minimum Gasteiger partial charge on any atom is -0.460 e. The van der Waals surface area contributed by atoms with Crippen LogP contribution in [0.25, 0.3) is 0 Å². The van der Waals surface area contributed by atoms with E-state index in [1.807, 2.05) is 7.05 Å². The minimum absolute atomic E-state index is 0.0231. The molecule has 3 aliphatic rings. The van der Waals surface area contributed by atoms with Gasteiger partial charge in [0.25, 0.3) is 0 Å². The maximum Gasteiger partial charge on any atom is 0.323 e. The van der Waals surface area contributed by atoms with Gasteiger partial charge in [0.2, 0.25) is 0 Å². The molecule has 2 bridgehead atoms. The summed E-state index contributed by atoms with van der Waals surface area (Å²) in [5.41, 5.74) is 0. The van der Waals surface area contributed by atoms with Crippen LogP contribution in [0.4, 0.5) is 0 Å². The van der Waals surface area contributed by atoms with Crippen molar-refractivity contribution in [2.75, 3.05) is 13.6 Å². The molecule has 3 saturated heterocycles. The zero-order valence-corrected chi connectivity index (χ0v) is 6.04. The van der Waals surface area contributed by atoms with Gasteiger partial charge in [-0.25, -0.2) is 0 Å². The predicted octanol–water partition coefficient (Wildman–Crippen LogP) is 0.00600. The lowest BCUT2D eigenvalue weighted by Gasteiger charge is -2.41. The zero-order chi connectivity index (χ0) is 7.14. The molecule has 3 heteroatoms. The second-order valence-electron chi connectivity index (χ2n) is 3.09. The summed E-state index contributed by atoms with van der Waals surface area (Å²) in [6, 6.07) is 0.0602. The zero-order valence-electron chi connectivity index (χ0n) is 6.04. The van der Waals surface area contributed by atoms with Gasteiger partial charge in [-0.05, 0) is 19.9 Å². The first kappa shape index (κ1) is 6.16. The van der Waals surface area contributed by atoms with E-state index in [4.69, 9.17) is 4.74 Å². The van der Waals surface area contributed by atoms with E-state index in [0.717, 1.165) is 19.4 Å². The van der Waals surface area contributed by atoms with Gasteiger partial charge in [-0.1, -0.05) is 0 Å². The first-order valence-corrected chi connectivity index (χ1v) is 3.68. The number of morpholine rings is 1. The third-order valence-electron chi connectivity index (χ3n) is 2.34. The number of fused-ring (bicyclic) bond motifs is 3.